The lowest BCUT2D eigenvalue weighted by Gasteiger charge is -2.34. The van der Waals surface area contributed by atoms with Crippen LogP contribution in [0.4, 0.5) is 10.5 Å². The zero-order valence-corrected chi connectivity index (χ0v) is 19.2. The highest BCUT2D eigenvalue weighted by Crippen LogP contribution is 2.35. The molecule has 0 atom stereocenters. The maximum absolute atomic E-state index is 12.1. The molecule has 1 aromatic rings. The second-order valence-electron chi connectivity index (χ2n) is 7.94. The van der Waals surface area contributed by atoms with E-state index in [4.69, 9.17) is 21.1 Å². The van der Waals surface area contributed by atoms with Crippen molar-refractivity contribution in [2.75, 3.05) is 46.4 Å². The summed E-state index contributed by atoms with van der Waals surface area (Å²) in [6.07, 6.45) is -0.322. The number of halogens is 1. The minimum atomic E-state index is -0.744. The summed E-state index contributed by atoms with van der Waals surface area (Å²) in [5.74, 6) is 5.01. The molecule has 32 heavy (non-hydrogen) atoms. The molecular weight excluding hydrogens is 442 g/mol. The maximum Gasteiger partial charge on any atom is 0.410 e. The Hall–Kier alpha value is -3.03. The molecule has 1 saturated heterocycles. The van der Waals surface area contributed by atoms with Crippen molar-refractivity contribution in [3.05, 3.63) is 32.8 Å². The van der Waals surface area contributed by atoms with Crippen LogP contribution < -0.4 is 4.74 Å². The number of carbonyl (C=O) groups is 2. The molecule has 0 spiro atoms. The number of carbonyl (C=O) groups excluding carboxylic acids is 2. The quantitative estimate of drug-likeness (QED) is 0.281. The molecule has 0 bridgehead atoms. The van der Waals surface area contributed by atoms with Gasteiger partial charge in [-0.05, 0) is 26.8 Å². The number of esters is 1. The highest BCUT2D eigenvalue weighted by Gasteiger charge is 2.25. The van der Waals surface area contributed by atoms with Gasteiger partial charge in [0.1, 0.15) is 18.0 Å². The highest BCUT2D eigenvalue weighted by molar-refractivity contribution is 6.34. The molecule has 1 aliphatic rings. The van der Waals surface area contributed by atoms with E-state index in [1.54, 1.807) is 4.90 Å². The van der Waals surface area contributed by atoms with Crippen molar-refractivity contribution < 1.29 is 28.7 Å². The van der Waals surface area contributed by atoms with Crippen LogP contribution in [0.15, 0.2) is 12.1 Å². The van der Waals surface area contributed by atoms with E-state index >= 15 is 0 Å². The van der Waals surface area contributed by atoms with E-state index < -0.39 is 22.2 Å². The second-order valence-corrected chi connectivity index (χ2v) is 8.32. The minimum Gasteiger partial charge on any atom is -0.479 e. The SMILES string of the molecule is COC(=O)c1cc(OCC#CCN2CCN(C(=O)OC(C)(C)C)CC2)c(Cl)c([N+](=O)[O-])c1. The standard InChI is InChI=1S/C21H26ClN3O7/c1-21(2,3)32-20(27)24-10-8-23(9-11-24)7-5-6-12-31-17-14-15(19(26)30-4)13-16(18(17)22)25(28)29/h13-14H,7-12H2,1-4H3. The van der Waals surface area contributed by atoms with Crippen LogP contribution in [-0.2, 0) is 9.47 Å². The third-order valence-electron chi connectivity index (χ3n) is 4.39. The van der Waals surface area contributed by atoms with Crippen molar-refractivity contribution in [2.24, 2.45) is 0 Å². The molecular formula is C21H26ClN3O7. The van der Waals surface area contributed by atoms with E-state index in [0.717, 1.165) is 6.07 Å². The fourth-order valence-electron chi connectivity index (χ4n) is 2.80. The third-order valence-corrected chi connectivity index (χ3v) is 4.77. The predicted octanol–water partition coefficient (Wildman–Crippen LogP) is 2.97. The number of hydrogen-bond donors (Lipinski definition) is 0. The number of piperazine rings is 1. The van der Waals surface area contributed by atoms with Gasteiger partial charge >= 0.3 is 12.1 Å². The number of nitrogens with zero attached hydrogens (tertiary/aromatic N) is 3. The molecule has 1 aliphatic heterocycles. The van der Waals surface area contributed by atoms with Gasteiger partial charge in [-0.1, -0.05) is 23.4 Å². The molecule has 0 unspecified atom stereocenters. The van der Waals surface area contributed by atoms with Gasteiger partial charge in [0, 0.05) is 32.2 Å². The van der Waals surface area contributed by atoms with Gasteiger partial charge in [0.15, 0.2) is 5.02 Å². The molecule has 10 nitrogen and oxygen atoms in total. The smallest absolute Gasteiger partial charge is 0.410 e. The Morgan fingerprint density at radius 2 is 1.84 bits per heavy atom. The van der Waals surface area contributed by atoms with Crippen LogP contribution in [0.25, 0.3) is 0 Å². The first-order valence-electron chi connectivity index (χ1n) is 9.87. The van der Waals surface area contributed by atoms with Crippen LogP contribution in [0.5, 0.6) is 5.75 Å². The maximum atomic E-state index is 12.1. The largest absolute Gasteiger partial charge is 0.479 e. The minimum absolute atomic E-state index is 0.0264. The number of nitro groups is 1. The summed E-state index contributed by atoms with van der Waals surface area (Å²) in [6, 6.07) is 2.31. The molecule has 0 aromatic heterocycles. The van der Waals surface area contributed by atoms with E-state index in [0.29, 0.717) is 32.7 Å². The fraction of sp³-hybridized carbons (Fsp3) is 0.524. The van der Waals surface area contributed by atoms with Gasteiger partial charge < -0.3 is 19.1 Å². The van der Waals surface area contributed by atoms with Crippen molar-refractivity contribution in [3.63, 3.8) is 0 Å². The summed E-state index contributed by atoms with van der Waals surface area (Å²) in [5.41, 5.74) is -1.03. The summed E-state index contributed by atoms with van der Waals surface area (Å²) in [5, 5.41) is 10.9. The lowest BCUT2D eigenvalue weighted by Crippen LogP contribution is -2.50. The molecule has 0 saturated carbocycles. The molecule has 1 heterocycles. The molecule has 0 N–H and O–H groups in total. The van der Waals surface area contributed by atoms with Gasteiger partial charge in [0.25, 0.3) is 5.69 Å². The molecule has 0 aliphatic carbocycles. The van der Waals surface area contributed by atoms with Crippen molar-refractivity contribution in [1.29, 1.82) is 0 Å². The Balaban J connectivity index is 1.88. The summed E-state index contributed by atoms with van der Waals surface area (Å²) in [6.45, 7) is 8.31. The lowest BCUT2D eigenvalue weighted by atomic mass is 10.2. The molecule has 1 fully saturated rings. The average molecular weight is 468 g/mol. The van der Waals surface area contributed by atoms with Crippen LogP contribution in [0.3, 0.4) is 0 Å². The molecule has 174 valence electrons. The third kappa shape index (κ3) is 7.28. The number of benzene rings is 1. The number of ether oxygens (including phenoxy) is 3. The number of methoxy groups -OCH3 is 1. The van der Waals surface area contributed by atoms with Gasteiger partial charge in [0.2, 0.25) is 0 Å². The van der Waals surface area contributed by atoms with Gasteiger partial charge in [0.05, 0.1) is 24.1 Å². The van der Waals surface area contributed by atoms with E-state index in [9.17, 15) is 19.7 Å². The van der Waals surface area contributed by atoms with Crippen molar-refractivity contribution in [3.8, 4) is 17.6 Å². The lowest BCUT2D eigenvalue weighted by molar-refractivity contribution is -0.384. The first kappa shape index (κ1) is 25.2. The fourth-order valence-corrected chi connectivity index (χ4v) is 3.04. The Morgan fingerprint density at radius 1 is 1.19 bits per heavy atom. The topological polar surface area (TPSA) is 111 Å². The Kier molecular flexibility index (Phi) is 8.69. The van der Waals surface area contributed by atoms with Crippen LogP contribution in [-0.4, -0.2) is 78.8 Å². The zero-order valence-electron chi connectivity index (χ0n) is 18.5. The molecule has 0 radical (unpaired) electrons. The van der Waals surface area contributed by atoms with E-state index in [-0.39, 0.29) is 29.0 Å². The number of nitro benzene ring substituents is 1. The van der Waals surface area contributed by atoms with Crippen LogP contribution >= 0.6 is 11.6 Å². The van der Waals surface area contributed by atoms with Crippen LogP contribution in [0.1, 0.15) is 31.1 Å². The van der Waals surface area contributed by atoms with E-state index in [1.165, 1.54) is 13.2 Å². The first-order chi connectivity index (χ1) is 15.0. The van der Waals surface area contributed by atoms with Crippen LogP contribution in [0.2, 0.25) is 5.02 Å². The van der Waals surface area contributed by atoms with Gasteiger partial charge in [-0.2, -0.15) is 0 Å². The van der Waals surface area contributed by atoms with Crippen molar-refractivity contribution >= 4 is 29.4 Å². The zero-order chi connectivity index (χ0) is 23.9. The Labute approximate surface area is 191 Å². The molecule has 1 aromatic carbocycles. The van der Waals surface area contributed by atoms with E-state index in [1.807, 2.05) is 20.8 Å². The van der Waals surface area contributed by atoms with Crippen LogP contribution in [0, 0.1) is 22.0 Å². The summed E-state index contributed by atoms with van der Waals surface area (Å²) < 4.78 is 15.4. The Morgan fingerprint density at radius 3 is 2.41 bits per heavy atom. The second kappa shape index (κ2) is 11.0. The van der Waals surface area contributed by atoms with Gasteiger partial charge in [-0.25, -0.2) is 9.59 Å². The first-order valence-corrected chi connectivity index (χ1v) is 10.2. The summed E-state index contributed by atoms with van der Waals surface area (Å²) in [4.78, 5) is 38.0. The molecule has 11 heteroatoms. The Bertz CT molecular complexity index is 926. The van der Waals surface area contributed by atoms with Gasteiger partial charge in [-0.15, -0.1) is 0 Å². The normalized spacial score (nSPS) is 14.2. The number of amides is 1. The summed E-state index contributed by atoms with van der Waals surface area (Å²) in [7, 11) is 1.17. The van der Waals surface area contributed by atoms with Gasteiger partial charge in [-0.3, -0.25) is 15.0 Å². The molecule has 1 amide bonds. The average Bonchev–Trinajstić information content (AvgIpc) is 2.72. The van der Waals surface area contributed by atoms with Crippen molar-refractivity contribution in [1.82, 2.24) is 9.80 Å². The van der Waals surface area contributed by atoms with E-state index in [2.05, 4.69) is 21.5 Å². The molecule has 2 rings (SSSR count). The van der Waals surface area contributed by atoms with Crippen molar-refractivity contribution in [2.45, 2.75) is 26.4 Å². The number of rotatable bonds is 5. The number of hydrogen-bond acceptors (Lipinski definition) is 8. The monoisotopic (exact) mass is 467 g/mol. The predicted molar refractivity (Wildman–Crippen MR) is 117 cm³/mol. The highest BCUT2D eigenvalue weighted by atomic mass is 35.5. The summed E-state index contributed by atoms with van der Waals surface area (Å²) >= 11 is 6.02.